The number of carbonyl (C=O) groups is 3. The molecule has 2 fully saturated rings. The first-order valence-corrected chi connectivity index (χ1v) is 9.17. The van der Waals surface area contributed by atoms with E-state index in [2.05, 4.69) is 12.2 Å². The average molecular weight is 373 g/mol. The van der Waals surface area contributed by atoms with Gasteiger partial charge in [0.15, 0.2) is 11.5 Å². The molecular weight excluding hydrogens is 350 g/mol. The predicted molar refractivity (Wildman–Crippen MR) is 95.3 cm³/mol. The van der Waals surface area contributed by atoms with Crippen molar-refractivity contribution in [3.05, 3.63) is 23.8 Å². The minimum Gasteiger partial charge on any atom is -0.454 e. The van der Waals surface area contributed by atoms with E-state index >= 15 is 0 Å². The summed E-state index contributed by atoms with van der Waals surface area (Å²) in [5.74, 6) is 1.06. The van der Waals surface area contributed by atoms with Gasteiger partial charge in [-0.3, -0.25) is 14.9 Å². The van der Waals surface area contributed by atoms with E-state index in [1.54, 1.807) is 0 Å². The molecule has 8 heteroatoms. The molecule has 0 spiro atoms. The van der Waals surface area contributed by atoms with Gasteiger partial charge in [-0.15, -0.1) is 0 Å². The van der Waals surface area contributed by atoms with Crippen LogP contribution in [-0.4, -0.2) is 60.6 Å². The van der Waals surface area contributed by atoms with Gasteiger partial charge in [0.2, 0.25) is 18.6 Å². The fourth-order valence-corrected chi connectivity index (χ4v) is 4.09. The summed E-state index contributed by atoms with van der Waals surface area (Å²) in [6, 6.07) is 5.48. The molecule has 8 nitrogen and oxygen atoms in total. The molecule has 1 atom stereocenters. The largest absolute Gasteiger partial charge is 0.454 e. The smallest absolute Gasteiger partial charge is 0.325 e. The second-order valence-corrected chi connectivity index (χ2v) is 7.80. The molecule has 0 aliphatic carbocycles. The van der Waals surface area contributed by atoms with Crippen molar-refractivity contribution in [2.45, 2.75) is 26.2 Å². The summed E-state index contributed by atoms with van der Waals surface area (Å²) in [5.41, 5.74) is 1.10. The number of amides is 4. The molecule has 144 valence electrons. The summed E-state index contributed by atoms with van der Waals surface area (Å²) < 4.78 is 10.8. The van der Waals surface area contributed by atoms with Crippen LogP contribution >= 0.6 is 0 Å². The van der Waals surface area contributed by atoms with E-state index in [4.69, 9.17) is 9.47 Å². The van der Waals surface area contributed by atoms with Crippen LogP contribution in [-0.2, 0) is 16.0 Å². The van der Waals surface area contributed by atoms with Crippen LogP contribution in [0, 0.1) is 5.41 Å². The second kappa shape index (κ2) is 6.75. The standard InChI is InChI=1S/C19H23N3O5/c1-19(8-13-3-4-14-15(7-13)27-12-26-14)5-2-6-21(11-19)17(24)10-22-9-16(23)20-18(22)25/h3-4,7H,2,5-6,8-12H2,1H3,(H,20,23,25)/t19-/m1/s1. The number of hydrogen-bond donors (Lipinski definition) is 1. The molecule has 0 aromatic heterocycles. The summed E-state index contributed by atoms with van der Waals surface area (Å²) in [4.78, 5) is 38.7. The van der Waals surface area contributed by atoms with E-state index in [-0.39, 0.29) is 37.1 Å². The monoisotopic (exact) mass is 373 g/mol. The lowest BCUT2D eigenvalue weighted by molar-refractivity contribution is -0.135. The Bertz CT molecular complexity index is 796. The zero-order chi connectivity index (χ0) is 19.0. The number of rotatable bonds is 4. The molecule has 1 aromatic rings. The molecule has 4 rings (SSSR count). The Balaban J connectivity index is 1.40. The topological polar surface area (TPSA) is 88.2 Å². The molecule has 0 radical (unpaired) electrons. The van der Waals surface area contributed by atoms with Crippen molar-refractivity contribution in [2.24, 2.45) is 5.41 Å². The highest BCUT2D eigenvalue weighted by Crippen LogP contribution is 2.37. The fourth-order valence-electron chi connectivity index (χ4n) is 4.09. The number of nitrogens with one attached hydrogen (secondary N) is 1. The lowest BCUT2D eigenvalue weighted by Crippen LogP contribution is -2.49. The minimum atomic E-state index is -0.492. The third kappa shape index (κ3) is 3.70. The zero-order valence-electron chi connectivity index (χ0n) is 15.3. The number of benzene rings is 1. The van der Waals surface area contributed by atoms with Gasteiger partial charge in [-0.2, -0.15) is 0 Å². The number of fused-ring (bicyclic) bond motifs is 1. The number of likely N-dealkylation sites (tertiary alicyclic amines) is 1. The van der Waals surface area contributed by atoms with E-state index < -0.39 is 6.03 Å². The van der Waals surface area contributed by atoms with Gasteiger partial charge in [-0.05, 0) is 42.4 Å². The Morgan fingerprint density at radius 1 is 1.26 bits per heavy atom. The van der Waals surface area contributed by atoms with Crippen molar-refractivity contribution in [3.8, 4) is 11.5 Å². The maximum absolute atomic E-state index is 12.7. The SMILES string of the molecule is C[C@]1(Cc2ccc3c(c2)OCO3)CCCN(C(=O)CN2CC(=O)NC2=O)C1. The summed E-state index contributed by atoms with van der Waals surface area (Å²) in [6.45, 7) is 3.64. The molecular formula is C19H23N3O5. The molecule has 2 saturated heterocycles. The summed E-state index contributed by atoms with van der Waals surface area (Å²) in [6.07, 6.45) is 2.77. The van der Waals surface area contributed by atoms with Gasteiger partial charge >= 0.3 is 6.03 Å². The molecule has 4 amide bonds. The van der Waals surface area contributed by atoms with E-state index in [1.807, 2.05) is 23.1 Å². The lowest BCUT2D eigenvalue weighted by atomic mass is 9.77. The Morgan fingerprint density at radius 3 is 2.85 bits per heavy atom. The highest BCUT2D eigenvalue weighted by atomic mass is 16.7. The van der Waals surface area contributed by atoms with Crippen molar-refractivity contribution in [3.63, 3.8) is 0 Å². The molecule has 1 N–H and O–H groups in total. The number of ether oxygens (including phenoxy) is 2. The molecule has 0 saturated carbocycles. The first-order chi connectivity index (χ1) is 12.9. The van der Waals surface area contributed by atoms with Gasteiger partial charge in [-0.25, -0.2) is 4.79 Å². The molecule has 1 aromatic carbocycles. The van der Waals surface area contributed by atoms with E-state index in [1.165, 1.54) is 4.90 Å². The lowest BCUT2D eigenvalue weighted by Gasteiger charge is -2.41. The van der Waals surface area contributed by atoms with Crippen LogP contribution in [0.2, 0.25) is 0 Å². The van der Waals surface area contributed by atoms with Gasteiger partial charge in [0.05, 0.1) is 0 Å². The fraction of sp³-hybridized carbons (Fsp3) is 0.526. The number of imide groups is 1. The van der Waals surface area contributed by atoms with Crippen LogP contribution in [0.4, 0.5) is 4.79 Å². The van der Waals surface area contributed by atoms with Crippen molar-refractivity contribution < 1.29 is 23.9 Å². The zero-order valence-corrected chi connectivity index (χ0v) is 15.3. The van der Waals surface area contributed by atoms with Crippen molar-refractivity contribution in [2.75, 3.05) is 33.0 Å². The first-order valence-electron chi connectivity index (χ1n) is 9.17. The highest BCUT2D eigenvalue weighted by molar-refractivity contribution is 6.03. The Kier molecular flexibility index (Phi) is 4.41. The van der Waals surface area contributed by atoms with E-state index in [0.29, 0.717) is 13.1 Å². The van der Waals surface area contributed by atoms with Crippen molar-refractivity contribution in [1.82, 2.24) is 15.1 Å². The van der Waals surface area contributed by atoms with Gasteiger partial charge in [0.1, 0.15) is 13.1 Å². The molecule has 0 bridgehead atoms. The van der Waals surface area contributed by atoms with Crippen LogP contribution in [0.5, 0.6) is 11.5 Å². The minimum absolute atomic E-state index is 0.0487. The van der Waals surface area contributed by atoms with Gasteiger partial charge in [0.25, 0.3) is 0 Å². The Morgan fingerprint density at radius 2 is 2.07 bits per heavy atom. The van der Waals surface area contributed by atoms with Crippen molar-refractivity contribution in [1.29, 1.82) is 0 Å². The van der Waals surface area contributed by atoms with Crippen LogP contribution in [0.3, 0.4) is 0 Å². The van der Waals surface area contributed by atoms with Crippen molar-refractivity contribution >= 4 is 17.8 Å². The Labute approximate surface area is 157 Å². The van der Waals surface area contributed by atoms with Gasteiger partial charge < -0.3 is 19.3 Å². The molecule has 3 aliphatic rings. The first kappa shape index (κ1) is 17.6. The number of urea groups is 1. The van der Waals surface area contributed by atoms with Crippen LogP contribution < -0.4 is 14.8 Å². The number of nitrogens with zero attached hydrogens (tertiary/aromatic N) is 2. The number of carbonyl (C=O) groups excluding carboxylic acids is 3. The van der Waals surface area contributed by atoms with Gasteiger partial charge in [0, 0.05) is 13.1 Å². The third-order valence-corrected chi connectivity index (χ3v) is 5.40. The summed E-state index contributed by atoms with van der Waals surface area (Å²) in [5, 5.41) is 2.20. The number of piperidine rings is 1. The Hall–Kier alpha value is -2.77. The predicted octanol–water partition coefficient (Wildman–Crippen LogP) is 1.14. The third-order valence-electron chi connectivity index (χ3n) is 5.40. The molecule has 3 heterocycles. The van der Waals surface area contributed by atoms with Gasteiger partial charge in [-0.1, -0.05) is 13.0 Å². The summed E-state index contributed by atoms with van der Waals surface area (Å²) in [7, 11) is 0. The highest BCUT2D eigenvalue weighted by Gasteiger charge is 2.36. The van der Waals surface area contributed by atoms with E-state index in [0.717, 1.165) is 36.3 Å². The molecule has 0 unspecified atom stereocenters. The van der Waals surface area contributed by atoms with Crippen LogP contribution in [0.15, 0.2) is 18.2 Å². The maximum atomic E-state index is 12.7. The van der Waals surface area contributed by atoms with E-state index in [9.17, 15) is 14.4 Å². The second-order valence-electron chi connectivity index (χ2n) is 7.80. The maximum Gasteiger partial charge on any atom is 0.325 e. The average Bonchev–Trinajstić information content (AvgIpc) is 3.20. The molecule has 3 aliphatic heterocycles. The summed E-state index contributed by atoms with van der Waals surface area (Å²) >= 11 is 0. The van der Waals surface area contributed by atoms with Crippen LogP contribution in [0.25, 0.3) is 0 Å². The quantitative estimate of drug-likeness (QED) is 0.800. The van der Waals surface area contributed by atoms with Crippen LogP contribution in [0.1, 0.15) is 25.3 Å². The normalized spacial score (nSPS) is 24.3. The molecule has 27 heavy (non-hydrogen) atoms. The number of hydrogen-bond acceptors (Lipinski definition) is 5.